The number of aliphatic hydroxyl groups is 1. The van der Waals surface area contributed by atoms with Crippen LogP contribution in [0.5, 0.6) is 0 Å². The van der Waals surface area contributed by atoms with E-state index in [0.29, 0.717) is 18.0 Å². The number of likely N-dealkylation sites (tertiary alicyclic amines) is 1. The third-order valence-electron chi connectivity index (χ3n) is 3.80. The van der Waals surface area contributed by atoms with Gasteiger partial charge in [0.1, 0.15) is 5.82 Å². The van der Waals surface area contributed by atoms with Gasteiger partial charge in [0.2, 0.25) is 0 Å². The lowest BCUT2D eigenvalue weighted by Crippen LogP contribution is -2.34. The van der Waals surface area contributed by atoms with Gasteiger partial charge in [-0.1, -0.05) is 6.92 Å². The summed E-state index contributed by atoms with van der Waals surface area (Å²) >= 11 is 0. The summed E-state index contributed by atoms with van der Waals surface area (Å²) in [7, 11) is 0. The van der Waals surface area contributed by atoms with Crippen LogP contribution in [0.3, 0.4) is 0 Å². The molecule has 0 bridgehead atoms. The van der Waals surface area contributed by atoms with Gasteiger partial charge in [0.05, 0.1) is 11.5 Å². The third-order valence-corrected chi connectivity index (χ3v) is 3.80. The molecule has 0 spiro atoms. The number of rotatable bonds is 4. The molecule has 2 unspecified atom stereocenters. The average molecular weight is 268 g/mol. The number of nitro groups is 1. The number of nitro benzene ring substituents is 1. The first-order chi connectivity index (χ1) is 9.02. The Morgan fingerprint density at radius 3 is 2.95 bits per heavy atom. The molecule has 104 valence electrons. The summed E-state index contributed by atoms with van der Waals surface area (Å²) in [6, 6.07) is 3.48. The van der Waals surface area contributed by atoms with E-state index in [1.807, 2.05) is 11.8 Å². The summed E-state index contributed by atoms with van der Waals surface area (Å²) in [5.41, 5.74) is 0.287. The fourth-order valence-corrected chi connectivity index (χ4v) is 2.66. The summed E-state index contributed by atoms with van der Waals surface area (Å²) < 4.78 is 13.2. The number of hydrogen-bond donors (Lipinski definition) is 1. The Hall–Kier alpha value is -1.53. The maximum Gasteiger partial charge on any atom is 0.274 e. The second kappa shape index (κ2) is 5.63. The number of aliphatic hydroxyl groups excluding tert-OH is 1. The summed E-state index contributed by atoms with van der Waals surface area (Å²) in [6.07, 6.45) is 0.939. The predicted octanol–water partition coefficient (Wildman–Crippen LogP) is 1.94. The highest BCUT2D eigenvalue weighted by atomic mass is 19.1. The molecular weight excluding hydrogens is 251 g/mol. The molecule has 5 nitrogen and oxygen atoms in total. The standard InChI is InChI=1S/C13H17FN2O3/c1-9-4-5-15(13(9)8-17)7-10-6-11(14)2-3-12(10)16(18)19/h2-3,6,9,13,17H,4-5,7-8H2,1H3. The Morgan fingerprint density at radius 1 is 1.58 bits per heavy atom. The van der Waals surface area contributed by atoms with Gasteiger partial charge in [-0.15, -0.1) is 0 Å². The second-order valence-corrected chi connectivity index (χ2v) is 5.02. The lowest BCUT2D eigenvalue weighted by atomic mass is 10.0. The van der Waals surface area contributed by atoms with Gasteiger partial charge < -0.3 is 5.11 Å². The van der Waals surface area contributed by atoms with E-state index in [0.717, 1.165) is 19.0 Å². The first kappa shape index (κ1) is 13.9. The highest BCUT2D eigenvalue weighted by Gasteiger charge is 2.31. The molecule has 1 aromatic carbocycles. The fraction of sp³-hybridized carbons (Fsp3) is 0.538. The summed E-state index contributed by atoms with van der Waals surface area (Å²) in [4.78, 5) is 12.4. The van der Waals surface area contributed by atoms with Crippen molar-refractivity contribution in [3.8, 4) is 0 Å². The molecule has 0 saturated carbocycles. The minimum Gasteiger partial charge on any atom is -0.395 e. The van der Waals surface area contributed by atoms with Crippen molar-refractivity contribution in [2.24, 2.45) is 5.92 Å². The van der Waals surface area contributed by atoms with E-state index in [4.69, 9.17) is 0 Å². The number of nitrogens with zero attached hydrogens (tertiary/aromatic N) is 2. The second-order valence-electron chi connectivity index (χ2n) is 5.02. The molecule has 1 aromatic rings. The quantitative estimate of drug-likeness (QED) is 0.669. The Kier molecular flexibility index (Phi) is 4.11. The molecule has 2 rings (SSSR count). The van der Waals surface area contributed by atoms with Crippen LogP contribution in [0.15, 0.2) is 18.2 Å². The SMILES string of the molecule is CC1CCN(Cc2cc(F)ccc2[N+](=O)[O-])C1CO. The van der Waals surface area contributed by atoms with E-state index in [1.165, 1.54) is 12.1 Å². The van der Waals surface area contributed by atoms with Gasteiger partial charge >= 0.3 is 0 Å². The lowest BCUT2D eigenvalue weighted by Gasteiger charge is -2.24. The summed E-state index contributed by atoms with van der Waals surface area (Å²) in [6.45, 7) is 3.12. The van der Waals surface area contributed by atoms with Gasteiger partial charge in [0.25, 0.3) is 5.69 Å². The van der Waals surface area contributed by atoms with Crippen LogP contribution in [-0.2, 0) is 6.54 Å². The first-order valence-electron chi connectivity index (χ1n) is 6.30. The molecule has 1 saturated heterocycles. The minimum atomic E-state index is -0.498. The predicted molar refractivity (Wildman–Crippen MR) is 68.1 cm³/mol. The topological polar surface area (TPSA) is 66.6 Å². The van der Waals surface area contributed by atoms with E-state index in [1.54, 1.807) is 0 Å². The van der Waals surface area contributed by atoms with Gasteiger partial charge in [-0.25, -0.2) is 4.39 Å². The molecule has 2 atom stereocenters. The van der Waals surface area contributed by atoms with Crippen molar-refractivity contribution in [1.82, 2.24) is 4.90 Å². The Morgan fingerprint density at radius 2 is 2.32 bits per heavy atom. The van der Waals surface area contributed by atoms with E-state index >= 15 is 0 Å². The van der Waals surface area contributed by atoms with Gasteiger partial charge in [0.15, 0.2) is 0 Å². The van der Waals surface area contributed by atoms with Crippen molar-refractivity contribution in [3.63, 3.8) is 0 Å². The summed E-state index contributed by atoms with van der Waals surface area (Å²) in [5.74, 6) is -0.133. The molecule has 1 fully saturated rings. The number of hydrogen-bond acceptors (Lipinski definition) is 4. The molecule has 0 radical (unpaired) electrons. The van der Waals surface area contributed by atoms with Crippen LogP contribution in [0, 0.1) is 21.8 Å². The summed E-state index contributed by atoms with van der Waals surface area (Å²) in [5, 5.41) is 20.3. The van der Waals surface area contributed by atoms with Crippen LogP contribution in [0.4, 0.5) is 10.1 Å². The van der Waals surface area contributed by atoms with Crippen LogP contribution in [0.25, 0.3) is 0 Å². The normalized spacial score (nSPS) is 23.7. The van der Waals surface area contributed by atoms with E-state index in [-0.39, 0.29) is 18.3 Å². The Bertz CT molecular complexity index is 481. The minimum absolute atomic E-state index is 0.0112. The molecule has 1 aliphatic heterocycles. The van der Waals surface area contributed by atoms with Crippen LogP contribution >= 0.6 is 0 Å². The number of halogens is 1. The smallest absolute Gasteiger partial charge is 0.274 e. The van der Waals surface area contributed by atoms with Crippen LogP contribution < -0.4 is 0 Å². The zero-order valence-electron chi connectivity index (χ0n) is 10.8. The third kappa shape index (κ3) is 2.90. The molecule has 19 heavy (non-hydrogen) atoms. The molecule has 0 aliphatic carbocycles. The molecular formula is C13H17FN2O3. The van der Waals surface area contributed by atoms with E-state index in [9.17, 15) is 19.6 Å². The zero-order valence-corrected chi connectivity index (χ0v) is 10.8. The Labute approximate surface area is 110 Å². The fourth-order valence-electron chi connectivity index (χ4n) is 2.66. The van der Waals surface area contributed by atoms with Crippen LogP contribution in [0.1, 0.15) is 18.9 Å². The lowest BCUT2D eigenvalue weighted by molar-refractivity contribution is -0.385. The van der Waals surface area contributed by atoms with Crippen LogP contribution in [-0.4, -0.2) is 34.1 Å². The monoisotopic (exact) mass is 268 g/mol. The zero-order chi connectivity index (χ0) is 14.0. The van der Waals surface area contributed by atoms with Crippen LogP contribution in [0.2, 0.25) is 0 Å². The molecule has 0 amide bonds. The van der Waals surface area contributed by atoms with Gasteiger partial charge in [-0.05, 0) is 31.0 Å². The van der Waals surface area contributed by atoms with Gasteiger partial charge in [-0.3, -0.25) is 15.0 Å². The molecule has 1 heterocycles. The van der Waals surface area contributed by atoms with Crippen molar-refractivity contribution >= 4 is 5.69 Å². The van der Waals surface area contributed by atoms with Crippen molar-refractivity contribution in [2.45, 2.75) is 25.9 Å². The van der Waals surface area contributed by atoms with Crippen molar-refractivity contribution < 1.29 is 14.4 Å². The average Bonchev–Trinajstić information content (AvgIpc) is 2.69. The molecule has 6 heteroatoms. The largest absolute Gasteiger partial charge is 0.395 e. The molecule has 1 aliphatic rings. The Balaban J connectivity index is 2.23. The number of benzene rings is 1. The maximum atomic E-state index is 13.2. The first-order valence-corrected chi connectivity index (χ1v) is 6.30. The maximum absolute atomic E-state index is 13.2. The molecule has 0 aromatic heterocycles. The molecule has 1 N–H and O–H groups in total. The van der Waals surface area contributed by atoms with Crippen molar-refractivity contribution in [2.75, 3.05) is 13.2 Å². The van der Waals surface area contributed by atoms with Crippen molar-refractivity contribution in [3.05, 3.63) is 39.7 Å². The van der Waals surface area contributed by atoms with E-state index in [2.05, 4.69) is 0 Å². The van der Waals surface area contributed by atoms with Crippen molar-refractivity contribution in [1.29, 1.82) is 0 Å². The highest BCUT2D eigenvalue weighted by molar-refractivity contribution is 5.40. The highest BCUT2D eigenvalue weighted by Crippen LogP contribution is 2.28. The van der Waals surface area contributed by atoms with Gasteiger partial charge in [0, 0.05) is 24.2 Å². The van der Waals surface area contributed by atoms with E-state index < -0.39 is 10.7 Å². The van der Waals surface area contributed by atoms with Gasteiger partial charge in [-0.2, -0.15) is 0 Å².